The minimum atomic E-state index is -3.38. The second-order valence-corrected chi connectivity index (χ2v) is 10.2. The van der Waals surface area contributed by atoms with Crippen LogP contribution >= 0.6 is 0 Å². The van der Waals surface area contributed by atoms with E-state index in [1.54, 1.807) is 15.9 Å². The zero-order valence-corrected chi connectivity index (χ0v) is 17.0. The van der Waals surface area contributed by atoms with E-state index in [-0.39, 0.29) is 36.6 Å². The van der Waals surface area contributed by atoms with E-state index in [2.05, 4.69) is 5.32 Å². The molecule has 1 atom stereocenters. The molecule has 0 spiro atoms. The van der Waals surface area contributed by atoms with E-state index in [0.29, 0.717) is 50.9 Å². The molecule has 0 radical (unpaired) electrons. The van der Waals surface area contributed by atoms with Crippen LogP contribution in [0.15, 0.2) is 18.2 Å². The minimum Gasteiger partial charge on any atom is -0.354 e. The normalized spacial score (nSPS) is 23.9. The molecule has 1 aromatic carbocycles. The molecule has 2 fully saturated rings. The number of rotatable bonds is 2. The van der Waals surface area contributed by atoms with Crippen LogP contribution in [-0.4, -0.2) is 73.1 Å². The maximum atomic E-state index is 13.2. The zero-order chi connectivity index (χ0) is 20.6. The van der Waals surface area contributed by atoms with Gasteiger partial charge in [-0.05, 0) is 42.9 Å². The molecule has 3 aliphatic rings. The molecule has 0 bridgehead atoms. The summed E-state index contributed by atoms with van der Waals surface area (Å²) in [5.74, 6) is -0.690. The number of amides is 3. The molecule has 1 N–H and O–H groups in total. The Balaban J connectivity index is 1.59. The van der Waals surface area contributed by atoms with Gasteiger partial charge < -0.3 is 15.1 Å². The van der Waals surface area contributed by atoms with Crippen LogP contribution in [0.5, 0.6) is 0 Å². The highest BCUT2D eigenvalue weighted by Gasteiger charge is 2.40. The third-order valence-electron chi connectivity index (χ3n) is 5.97. The first-order valence-corrected chi connectivity index (χ1v) is 11.8. The lowest BCUT2D eigenvalue weighted by molar-refractivity contribution is -0.131. The summed E-state index contributed by atoms with van der Waals surface area (Å²) in [6.45, 7) is 1.73. The van der Waals surface area contributed by atoms with Gasteiger partial charge >= 0.3 is 0 Å². The molecule has 3 aliphatic heterocycles. The standard InChI is InChI=1S/C20H25N3O5S/c24-18-13-22(9-3-8-21-18)19(25)15-5-1-4-14-7-10-23(12-16(14)15)20(26)17-6-2-11-29(17,27)28/h1,4-5,17H,2-3,6-13H2,(H,21,24). The molecular weight excluding hydrogens is 394 g/mol. The van der Waals surface area contributed by atoms with Gasteiger partial charge in [-0.3, -0.25) is 14.4 Å². The molecule has 0 aliphatic carbocycles. The van der Waals surface area contributed by atoms with Gasteiger partial charge in [-0.25, -0.2) is 8.42 Å². The smallest absolute Gasteiger partial charge is 0.254 e. The Hall–Kier alpha value is -2.42. The van der Waals surface area contributed by atoms with Gasteiger partial charge in [0.2, 0.25) is 11.8 Å². The maximum absolute atomic E-state index is 13.2. The summed E-state index contributed by atoms with van der Waals surface area (Å²) in [6, 6.07) is 5.49. The van der Waals surface area contributed by atoms with E-state index >= 15 is 0 Å². The van der Waals surface area contributed by atoms with Gasteiger partial charge in [0.05, 0.1) is 12.3 Å². The molecule has 9 heteroatoms. The van der Waals surface area contributed by atoms with Crippen LogP contribution in [0.2, 0.25) is 0 Å². The van der Waals surface area contributed by atoms with Gasteiger partial charge in [0, 0.05) is 31.7 Å². The van der Waals surface area contributed by atoms with Gasteiger partial charge in [-0.15, -0.1) is 0 Å². The Labute approximate surface area is 170 Å². The molecule has 2 saturated heterocycles. The van der Waals surface area contributed by atoms with E-state index < -0.39 is 15.1 Å². The first-order valence-electron chi connectivity index (χ1n) is 10.0. The van der Waals surface area contributed by atoms with Gasteiger partial charge in [-0.1, -0.05) is 12.1 Å². The van der Waals surface area contributed by atoms with Gasteiger partial charge in [0.15, 0.2) is 9.84 Å². The molecule has 0 aromatic heterocycles. The van der Waals surface area contributed by atoms with E-state index in [0.717, 1.165) is 11.1 Å². The average molecular weight is 420 g/mol. The predicted octanol–water partition coefficient (Wildman–Crippen LogP) is 0.111. The van der Waals surface area contributed by atoms with Crippen LogP contribution in [0, 0.1) is 0 Å². The van der Waals surface area contributed by atoms with Crippen LogP contribution in [0.4, 0.5) is 0 Å². The number of carbonyl (C=O) groups excluding carboxylic acids is 3. The van der Waals surface area contributed by atoms with Crippen molar-refractivity contribution in [2.75, 3.05) is 31.9 Å². The first-order chi connectivity index (χ1) is 13.9. The molecule has 29 heavy (non-hydrogen) atoms. The number of fused-ring (bicyclic) bond motifs is 1. The molecule has 0 saturated carbocycles. The predicted molar refractivity (Wildman–Crippen MR) is 106 cm³/mol. The van der Waals surface area contributed by atoms with Crippen LogP contribution in [-0.2, 0) is 32.4 Å². The van der Waals surface area contributed by atoms with Crippen LogP contribution in [0.25, 0.3) is 0 Å². The van der Waals surface area contributed by atoms with E-state index in [9.17, 15) is 22.8 Å². The van der Waals surface area contributed by atoms with Crippen molar-refractivity contribution in [3.63, 3.8) is 0 Å². The van der Waals surface area contributed by atoms with E-state index in [1.807, 2.05) is 12.1 Å². The molecule has 1 unspecified atom stereocenters. The highest BCUT2D eigenvalue weighted by molar-refractivity contribution is 7.93. The maximum Gasteiger partial charge on any atom is 0.254 e. The molecule has 3 amide bonds. The number of carbonyl (C=O) groups is 3. The fraction of sp³-hybridized carbons (Fsp3) is 0.550. The second-order valence-electron chi connectivity index (χ2n) is 7.88. The van der Waals surface area contributed by atoms with Crippen molar-refractivity contribution in [2.24, 2.45) is 0 Å². The fourth-order valence-corrected chi connectivity index (χ4v) is 6.23. The third kappa shape index (κ3) is 3.88. The number of nitrogens with zero attached hydrogens (tertiary/aromatic N) is 2. The summed E-state index contributed by atoms with van der Waals surface area (Å²) in [5, 5.41) is 1.80. The molecule has 3 heterocycles. The molecule has 4 rings (SSSR count). The van der Waals surface area contributed by atoms with E-state index in [1.165, 1.54) is 0 Å². The Bertz CT molecular complexity index is 959. The topological polar surface area (TPSA) is 104 Å². The summed E-state index contributed by atoms with van der Waals surface area (Å²) in [6.07, 6.45) is 2.16. The van der Waals surface area contributed by atoms with Crippen molar-refractivity contribution >= 4 is 27.6 Å². The lowest BCUT2D eigenvalue weighted by Gasteiger charge is -2.32. The van der Waals surface area contributed by atoms with Crippen LogP contribution in [0.3, 0.4) is 0 Å². The molecule has 8 nitrogen and oxygen atoms in total. The third-order valence-corrected chi connectivity index (χ3v) is 8.13. The van der Waals surface area contributed by atoms with Crippen molar-refractivity contribution in [1.82, 2.24) is 15.1 Å². The first kappa shape index (κ1) is 19.9. The van der Waals surface area contributed by atoms with Crippen molar-refractivity contribution in [2.45, 2.75) is 37.5 Å². The summed E-state index contributed by atoms with van der Waals surface area (Å²) < 4.78 is 24.4. The fourth-order valence-electron chi connectivity index (χ4n) is 4.39. The Morgan fingerprint density at radius 3 is 2.66 bits per heavy atom. The minimum absolute atomic E-state index is 0.0193. The SMILES string of the molecule is O=C1CN(C(=O)c2cccc3c2CN(C(=O)C2CCCS2(=O)=O)CC3)CCCN1. The number of hydrogen-bond acceptors (Lipinski definition) is 5. The monoisotopic (exact) mass is 419 g/mol. The molecule has 156 valence electrons. The number of nitrogens with one attached hydrogen (secondary N) is 1. The van der Waals surface area contributed by atoms with Crippen molar-refractivity contribution in [3.8, 4) is 0 Å². The number of sulfone groups is 1. The van der Waals surface area contributed by atoms with Crippen LogP contribution < -0.4 is 5.32 Å². The van der Waals surface area contributed by atoms with Gasteiger partial charge in [-0.2, -0.15) is 0 Å². The second kappa shape index (κ2) is 7.78. The number of benzene rings is 1. The average Bonchev–Trinajstić information content (AvgIpc) is 2.92. The lowest BCUT2D eigenvalue weighted by Crippen LogP contribution is -2.44. The highest BCUT2D eigenvalue weighted by atomic mass is 32.2. The summed E-state index contributed by atoms with van der Waals surface area (Å²) in [5.41, 5.74) is 2.24. The van der Waals surface area contributed by atoms with E-state index in [4.69, 9.17) is 0 Å². The Kier molecular flexibility index (Phi) is 5.33. The van der Waals surface area contributed by atoms with Gasteiger partial charge in [0.25, 0.3) is 5.91 Å². The zero-order valence-electron chi connectivity index (χ0n) is 16.2. The Morgan fingerprint density at radius 2 is 1.90 bits per heavy atom. The van der Waals surface area contributed by atoms with Crippen molar-refractivity contribution < 1.29 is 22.8 Å². The summed E-state index contributed by atoms with van der Waals surface area (Å²) in [7, 11) is -3.38. The molecular formula is C20H25N3O5S. The summed E-state index contributed by atoms with van der Waals surface area (Å²) in [4.78, 5) is 41.0. The largest absolute Gasteiger partial charge is 0.354 e. The lowest BCUT2D eigenvalue weighted by atomic mass is 9.93. The van der Waals surface area contributed by atoms with Crippen molar-refractivity contribution in [1.29, 1.82) is 0 Å². The highest BCUT2D eigenvalue weighted by Crippen LogP contribution is 2.28. The summed E-state index contributed by atoms with van der Waals surface area (Å²) >= 11 is 0. The number of hydrogen-bond donors (Lipinski definition) is 1. The van der Waals surface area contributed by atoms with Crippen LogP contribution in [0.1, 0.15) is 40.7 Å². The molecule has 1 aromatic rings. The Morgan fingerprint density at radius 1 is 1.07 bits per heavy atom. The van der Waals surface area contributed by atoms with Crippen molar-refractivity contribution in [3.05, 3.63) is 34.9 Å². The quantitative estimate of drug-likeness (QED) is 0.733. The van der Waals surface area contributed by atoms with Gasteiger partial charge in [0.1, 0.15) is 5.25 Å².